The molecular formula is C20H27FN4OS. The van der Waals surface area contributed by atoms with Gasteiger partial charge in [0.1, 0.15) is 5.82 Å². The van der Waals surface area contributed by atoms with Crippen molar-refractivity contribution in [2.24, 2.45) is 5.92 Å². The van der Waals surface area contributed by atoms with Gasteiger partial charge in [0.15, 0.2) is 11.0 Å². The highest BCUT2D eigenvalue weighted by Crippen LogP contribution is 2.27. The Kier molecular flexibility index (Phi) is 6.52. The molecule has 1 atom stereocenters. The number of piperidine rings is 1. The number of benzene rings is 1. The molecule has 1 amide bonds. The van der Waals surface area contributed by atoms with E-state index in [-0.39, 0.29) is 11.7 Å². The second-order valence-electron chi connectivity index (χ2n) is 7.51. The van der Waals surface area contributed by atoms with Gasteiger partial charge in [0.05, 0.1) is 11.3 Å². The zero-order valence-corrected chi connectivity index (χ0v) is 17.0. The lowest BCUT2D eigenvalue weighted by Crippen LogP contribution is -2.43. The molecule has 1 fully saturated rings. The van der Waals surface area contributed by atoms with Crippen molar-refractivity contribution in [1.29, 1.82) is 0 Å². The van der Waals surface area contributed by atoms with Crippen LogP contribution in [0.4, 0.5) is 4.39 Å². The summed E-state index contributed by atoms with van der Waals surface area (Å²) in [6.07, 6.45) is 3.33. The highest BCUT2D eigenvalue weighted by Gasteiger charge is 2.24. The van der Waals surface area contributed by atoms with Gasteiger partial charge in [0.25, 0.3) is 0 Å². The monoisotopic (exact) mass is 390 g/mol. The number of nitrogens with zero attached hydrogens (tertiary/aromatic N) is 4. The smallest absolute Gasteiger partial charge is 0.233 e. The Bertz CT molecular complexity index is 792. The number of carbonyl (C=O) groups excluding carboxylic acids is 1. The molecule has 0 N–H and O–H groups in total. The van der Waals surface area contributed by atoms with E-state index in [1.807, 2.05) is 9.47 Å². The molecule has 0 saturated carbocycles. The Balaban J connectivity index is 1.79. The normalized spacial score (nSPS) is 17.5. The van der Waals surface area contributed by atoms with Crippen molar-refractivity contribution >= 4 is 17.7 Å². The molecule has 1 aliphatic rings. The number of hydrogen-bond acceptors (Lipinski definition) is 4. The van der Waals surface area contributed by atoms with Gasteiger partial charge in [-0.2, -0.15) is 0 Å². The van der Waals surface area contributed by atoms with Crippen molar-refractivity contribution in [2.75, 3.05) is 12.3 Å². The van der Waals surface area contributed by atoms with E-state index in [2.05, 4.69) is 31.0 Å². The molecule has 7 heteroatoms. The van der Waals surface area contributed by atoms with E-state index in [1.54, 1.807) is 18.2 Å². The average molecular weight is 391 g/mol. The number of aromatic nitrogens is 3. The first-order valence-corrected chi connectivity index (χ1v) is 10.6. The third kappa shape index (κ3) is 4.69. The lowest BCUT2D eigenvalue weighted by atomic mass is 10.0. The van der Waals surface area contributed by atoms with E-state index in [0.29, 0.717) is 40.8 Å². The summed E-state index contributed by atoms with van der Waals surface area (Å²) in [5, 5.41) is 9.16. The van der Waals surface area contributed by atoms with Crippen molar-refractivity contribution in [3.63, 3.8) is 0 Å². The van der Waals surface area contributed by atoms with Gasteiger partial charge >= 0.3 is 0 Å². The van der Waals surface area contributed by atoms with Crippen LogP contribution in [0.15, 0.2) is 29.4 Å². The van der Waals surface area contributed by atoms with E-state index in [9.17, 15) is 9.18 Å². The maximum absolute atomic E-state index is 14.3. The molecule has 1 aromatic carbocycles. The summed E-state index contributed by atoms with van der Waals surface area (Å²) in [6.45, 7) is 7.81. The Labute approximate surface area is 164 Å². The molecule has 2 heterocycles. The van der Waals surface area contributed by atoms with Gasteiger partial charge in [-0.05, 0) is 44.2 Å². The first kappa shape index (κ1) is 19.9. The maximum atomic E-state index is 14.3. The van der Waals surface area contributed by atoms with E-state index >= 15 is 0 Å². The van der Waals surface area contributed by atoms with Crippen LogP contribution >= 0.6 is 11.8 Å². The number of amides is 1. The SMILES string of the molecule is CC(C)Cn1c(SCC(=O)N2CCCC[C@@H]2C)nnc1-c1ccccc1F. The molecule has 5 nitrogen and oxygen atoms in total. The number of likely N-dealkylation sites (tertiary alicyclic amines) is 1. The minimum atomic E-state index is -0.315. The fourth-order valence-electron chi connectivity index (χ4n) is 3.44. The minimum Gasteiger partial charge on any atom is -0.339 e. The lowest BCUT2D eigenvalue weighted by Gasteiger charge is -2.33. The van der Waals surface area contributed by atoms with E-state index in [4.69, 9.17) is 0 Å². The fraction of sp³-hybridized carbons (Fsp3) is 0.550. The zero-order chi connectivity index (χ0) is 19.4. The van der Waals surface area contributed by atoms with Gasteiger partial charge in [-0.3, -0.25) is 4.79 Å². The van der Waals surface area contributed by atoms with E-state index in [0.717, 1.165) is 19.4 Å². The van der Waals surface area contributed by atoms with Crippen LogP contribution in [0.5, 0.6) is 0 Å². The molecule has 27 heavy (non-hydrogen) atoms. The van der Waals surface area contributed by atoms with Crippen LogP contribution in [-0.2, 0) is 11.3 Å². The summed E-state index contributed by atoms with van der Waals surface area (Å²) in [4.78, 5) is 14.6. The number of carbonyl (C=O) groups is 1. The van der Waals surface area contributed by atoms with Crippen molar-refractivity contribution < 1.29 is 9.18 Å². The topological polar surface area (TPSA) is 51.0 Å². The van der Waals surface area contributed by atoms with Crippen molar-refractivity contribution in [3.8, 4) is 11.4 Å². The second-order valence-corrected chi connectivity index (χ2v) is 8.45. The Morgan fingerprint density at radius 3 is 2.78 bits per heavy atom. The van der Waals surface area contributed by atoms with Gasteiger partial charge in [-0.1, -0.05) is 37.7 Å². The van der Waals surface area contributed by atoms with Crippen LogP contribution in [0.3, 0.4) is 0 Å². The van der Waals surface area contributed by atoms with Crippen molar-refractivity contribution in [1.82, 2.24) is 19.7 Å². The number of thioether (sulfide) groups is 1. The summed E-state index contributed by atoms with van der Waals surface area (Å²) in [6, 6.07) is 6.90. The molecule has 0 radical (unpaired) electrons. The number of hydrogen-bond donors (Lipinski definition) is 0. The summed E-state index contributed by atoms with van der Waals surface area (Å²) >= 11 is 1.39. The van der Waals surface area contributed by atoms with E-state index < -0.39 is 0 Å². The molecule has 0 spiro atoms. The Morgan fingerprint density at radius 2 is 2.07 bits per heavy atom. The Morgan fingerprint density at radius 1 is 1.30 bits per heavy atom. The van der Waals surface area contributed by atoms with Crippen LogP contribution in [0.2, 0.25) is 0 Å². The Hall–Kier alpha value is -1.89. The first-order valence-electron chi connectivity index (χ1n) is 9.57. The number of rotatable bonds is 6. The quantitative estimate of drug-likeness (QED) is 0.693. The summed E-state index contributed by atoms with van der Waals surface area (Å²) in [7, 11) is 0. The number of halogens is 1. The molecule has 3 rings (SSSR count). The van der Waals surface area contributed by atoms with Crippen LogP contribution in [-0.4, -0.2) is 43.9 Å². The van der Waals surface area contributed by atoms with Crippen molar-refractivity contribution in [3.05, 3.63) is 30.1 Å². The van der Waals surface area contributed by atoms with Gasteiger partial charge < -0.3 is 9.47 Å². The predicted molar refractivity (Wildman–Crippen MR) is 106 cm³/mol. The van der Waals surface area contributed by atoms with E-state index in [1.165, 1.54) is 24.2 Å². The van der Waals surface area contributed by atoms with Crippen LogP contribution in [0, 0.1) is 11.7 Å². The lowest BCUT2D eigenvalue weighted by molar-refractivity contribution is -0.131. The minimum absolute atomic E-state index is 0.138. The standard InChI is InChI=1S/C20H27FN4OS/c1-14(2)12-25-19(16-9-4-5-10-17(16)21)22-23-20(25)27-13-18(26)24-11-7-6-8-15(24)3/h4-5,9-10,14-15H,6-8,11-13H2,1-3H3/t15-/m0/s1. The molecule has 1 aromatic heterocycles. The summed E-state index contributed by atoms with van der Waals surface area (Å²) in [5.41, 5.74) is 0.438. The molecular weight excluding hydrogens is 363 g/mol. The van der Waals surface area contributed by atoms with Crippen LogP contribution in [0.25, 0.3) is 11.4 Å². The summed E-state index contributed by atoms with van der Waals surface area (Å²) in [5.74, 6) is 1.02. The molecule has 0 aliphatic carbocycles. The third-order valence-corrected chi connectivity index (χ3v) is 5.78. The predicted octanol–water partition coefficient (Wildman–Crippen LogP) is 4.23. The molecule has 0 bridgehead atoms. The average Bonchev–Trinajstić information content (AvgIpc) is 3.02. The van der Waals surface area contributed by atoms with Gasteiger partial charge in [-0.25, -0.2) is 4.39 Å². The maximum Gasteiger partial charge on any atom is 0.233 e. The second kappa shape index (κ2) is 8.87. The van der Waals surface area contributed by atoms with Gasteiger partial charge in [0, 0.05) is 19.1 Å². The molecule has 146 valence electrons. The molecule has 0 unspecified atom stereocenters. The zero-order valence-electron chi connectivity index (χ0n) is 16.2. The fourth-order valence-corrected chi connectivity index (χ4v) is 4.28. The van der Waals surface area contributed by atoms with Crippen molar-refractivity contribution in [2.45, 2.75) is 57.8 Å². The first-order chi connectivity index (χ1) is 13.0. The highest BCUT2D eigenvalue weighted by atomic mass is 32.2. The van der Waals surface area contributed by atoms with Crippen LogP contribution in [0.1, 0.15) is 40.0 Å². The van der Waals surface area contributed by atoms with Gasteiger partial charge in [-0.15, -0.1) is 10.2 Å². The van der Waals surface area contributed by atoms with Crippen LogP contribution < -0.4 is 0 Å². The largest absolute Gasteiger partial charge is 0.339 e. The third-order valence-electron chi connectivity index (χ3n) is 4.83. The van der Waals surface area contributed by atoms with Gasteiger partial charge in [0.2, 0.25) is 5.91 Å². The summed E-state index contributed by atoms with van der Waals surface area (Å²) < 4.78 is 16.2. The molecule has 2 aromatic rings. The highest BCUT2D eigenvalue weighted by molar-refractivity contribution is 7.99. The molecule has 1 saturated heterocycles. The molecule has 1 aliphatic heterocycles.